The zero-order valence-corrected chi connectivity index (χ0v) is 15.9. The lowest BCUT2D eigenvalue weighted by Crippen LogP contribution is -2.49. The van der Waals surface area contributed by atoms with Gasteiger partial charge < -0.3 is 14.4 Å². The Morgan fingerprint density at radius 1 is 1.19 bits per heavy atom. The summed E-state index contributed by atoms with van der Waals surface area (Å²) in [5.41, 5.74) is 0. The third kappa shape index (κ3) is 4.19. The lowest BCUT2D eigenvalue weighted by atomic mass is 9.98. The first-order valence-corrected chi connectivity index (χ1v) is 10.6. The highest BCUT2D eigenvalue weighted by atomic mass is 32.2. The van der Waals surface area contributed by atoms with E-state index in [1.54, 1.807) is 29.2 Å². The van der Waals surface area contributed by atoms with Gasteiger partial charge >= 0.3 is 0 Å². The number of nitrogens with zero attached hydrogens (tertiary/aromatic N) is 2. The molecule has 0 saturated carbocycles. The highest BCUT2D eigenvalue weighted by Crippen LogP contribution is 2.26. The maximum atomic E-state index is 12.9. The van der Waals surface area contributed by atoms with Crippen molar-refractivity contribution in [3.05, 3.63) is 24.3 Å². The predicted octanol–water partition coefficient (Wildman–Crippen LogP) is 1.34. The molecule has 8 heteroatoms. The maximum absolute atomic E-state index is 12.9. The lowest BCUT2D eigenvalue weighted by Gasteiger charge is -2.35. The zero-order chi connectivity index (χ0) is 18.6. The molecule has 0 spiro atoms. The van der Waals surface area contributed by atoms with Crippen molar-refractivity contribution in [2.75, 3.05) is 46.0 Å². The number of benzene rings is 1. The van der Waals surface area contributed by atoms with Gasteiger partial charge in [0.2, 0.25) is 15.9 Å². The van der Waals surface area contributed by atoms with E-state index in [0.717, 1.165) is 6.42 Å². The molecule has 0 N–H and O–H groups in total. The number of carbonyl (C=O) groups excluding carboxylic acids is 1. The molecule has 2 heterocycles. The van der Waals surface area contributed by atoms with Crippen molar-refractivity contribution in [1.82, 2.24) is 9.21 Å². The van der Waals surface area contributed by atoms with Gasteiger partial charge in [0.15, 0.2) is 0 Å². The van der Waals surface area contributed by atoms with Crippen molar-refractivity contribution >= 4 is 15.9 Å². The van der Waals surface area contributed by atoms with Gasteiger partial charge in [-0.25, -0.2) is 8.42 Å². The smallest absolute Gasteiger partial charge is 0.243 e. The Kier molecular flexibility index (Phi) is 6.16. The highest BCUT2D eigenvalue weighted by Gasteiger charge is 2.35. The van der Waals surface area contributed by atoms with E-state index in [1.165, 1.54) is 4.31 Å². The summed E-state index contributed by atoms with van der Waals surface area (Å²) in [5.74, 6) is 0.407. The highest BCUT2D eigenvalue weighted by molar-refractivity contribution is 7.89. The molecule has 1 aromatic carbocycles. The average Bonchev–Trinajstić information content (AvgIpc) is 2.69. The van der Waals surface area contributed by atoms with Gasteiger partial charge in [-0.15, -0.1) is 0 Å². The summed E-state index contributed by atoms with van der Waals surface area (Å²) < 4.78 is 38.0. The average molecular weight is 382 g/mol. The molecule has 144 valence electrons. The van der Waals surface area contributed by atoms with Crippen LogP contribution in [0.15, 0.2) is 29.2 Å². The van der Waals surface area contributed by atoms with Gasteiger partial charge in [0, 0.05) is 26.2 Å². The Hall–Kier alpha value is -1.64. The van der Waals surface area contributed by atoms with Crippen LogP contribution in [0.1, 0.15) is 19.8 Å². The van der Waals surface area contributed by atoms with E-state index in [1.807, 2.05) is 6.92 Å². The minimum atomic E-state index is -3.61. The molecule has 0 unspecified atom stereocenters. The molecule has 1 amide bonds. The van der Waals surface area contributed by atoms with Gasteiger partial charge in [0.1, 0.15) is 5.75 Å². The monoisotopic (exact) mass is 382 g/mol. The van der Waals surface area contributed by atoms with Gasteiger partial charge in [-0.1, -0.05) is 0 Å². The fraction of sp³-hybridized carbons (Fsp3) is 0.611. The van der Waals surface area contributed by atoms with E-state index in [4.69, 9.17) is 9.47 Å². The van der Waals surface area contributed by atoms with Crippen LogP contribution in [0.25, 0.3) is 0 Å². The van der Waals surface area contributed by atoms with E-state index in [0.29, 0.717) is 51.6 Å². The second kappa shape index (κ2) is 8.37. The molecule has 0 bridgehead atoms. The van der Waals surface area contributed by atoms with Gasteiger partial charge in [-0.2, -0.15) is 4.31 Å². The molecular formula is C18H26N2O5S. The Balaban J connectivity index is 1.70. The number of carbonyl (C=O) groups is 1. The van der Waals surface area contributed by atoms with Crippen LogP contribution in [-0.2, 0) is 19.6 Å². The number of hydrogen-bond acceptors (Lipinski definition) is 5. The first kappa shape index (κ1) is 19.1. The standard InChI is InChI=1S/C18H26N2O5S/c1-2-25-16-5-7-17(8-6-16)26(22,23)20-9-3-4-15(14-20)18(21)19-10-12-24-13-11-19/h5-8,15H,2-4,9-14H2,1H3/t15-/m1/s1. The van der Waals surface area contributed by atoms with E-state index in [-0.39, 0.29) is 23.3 Å². The molecule has 0 aromatic heterocycles. The number of rotatable bonds is 5. The molecule has 7 nitrogen and oxygen atoms in total. The number of ether oxygens (including phenoxy) is 2. The topological polar surface area (TPSA) is 76.2 Å². The van der Waals surface area contributed by atoms with Crippen LogP contribution in [-0.4, -0.2) is 69.5 Å². The minimum Gasteiger partial charge on any atom is -0.494 e. The molecule has 2 saturated heterocycles. The summed E-state index contributed by atoms with van der Waals surface area (Å²) in [5, 5.41) is 0. The molecule has 1 atom stereocenters. The lowest BCUT2D eigenvalue weighted by molar-refractivity contribution is -0.140. The van der Waals surface area contributed by atoms with Crippen LogP contribution in [0.4, 0.5) is 0 Å². The Morgan fingerprint density at radius 3 is 2.54 bits per heavy atom. The summed E-state index contributed by atoms with van der Waals surface area (Å²) in [6.45, 7) is 5.36. The fourth-order valence-electron chi connectivity index (χ4n) is 3.43. The number of sulfonamides is 1. The Labute approximate surface area is 154 Å². The minimum absolute atomic E-state index is 0.0416. The van der Waals surface area contributed by atoms with Crippen molar-refractivity contribution in [1.29, 1.82) is 0 Å². The third-order valence-corrected chi connectivity index (χ3v) is 6.71. The van der Waals surface area contributed by atoms with Crippen molar-refractivity contribution in [2.24, 2.45) is 5.92 Å². The second-order valence-corrected chi connectivity index (χ2v) is 8.48. The Bertz CT molecular complexity index is 714. The van der Waals surface area contributed by atoms with Gasteiger partial charge in [-0.05, 0) is 44.0 Å². The summed E-state index contributed by atoms with van der Waals surface area (Å²) >= 11 is 0. The van der Waals surface area contributed by atoms with Gasteiger partial charge in [0.25, 0.3) is 0 Å². The number of morpholine rings is 1. The van der Waals surface area contributed by atoms with Crippen LogP contribution in [0, 0.1) is 5.92 Å². The second-order valence-electron chi connectivity index (χ2n) is 6.54. The quantitative estimate of drug-likeness (QED) is 0.768. The molecular weight excluding hydrogens is 356 g/mol. The van der Waals surface area contributed by atoms with Crippen LogP contribution in [0.5, 0.6) is 5.75 Å². The van der Waals surface area contributed by atoms with Crippen molar-refractivity contribution in [2.45, 2.75) is 24.7 Å². The van der Waals surface area contributed by atoms with E-state index >= 15 is 0 Å². The van der Waals surface area contributed by atoms with Crippen molar-refractivity contribution in [3.8, 4) is 5.75 Å². The summed E-state index contributed by atoms with van der Waals surface area (Å²) in [6, 6.07) is 6.45. The summed E-state index contributed by atoms with van der Waals surface area (Å²) in [7, 11) is -3.61. The molecule has 26 heavy (non-hydrogen) atoms. The maximum Gasteiger partial charge on any atom is 0.243 e. The molecule has 2 fully saturated rings. The first-order chi connectivity index (χ1) is 12.5. The van der Waals surface area contributed by atoms with Crippen LogP contribution in [0.3, 0.4) is 0 Å². The largest absolute Gasteiger partial charge is 0.494 e. The third-order valence-electron chi connectivity index (χ3n) is 4.83. The molecule has 3 rings (SSSR count). The zero-order valence-electron chi connectivity index (χ0n) is 15.1. The molecule has 0 aliphatic carbocycles. The van der Waals surface area contributed by atoms with Crippen LogP contribution >= 0.6 is 0 Å². The van der Waals surface area contributed by atoms with Gasteiger partial charge in [-0.3, -0.25) is 4.79 Å². The molecule has 2 aliphatic rings. The van der Waals surface area contributed by atoms with E-state index in [9.17, 15) is 13.2 Å². The van der Waals surface area contributed by atoms with Crippen molar-refractivity contribution in [3.63, 3.8) is 0 Å². The van der Waals surface area contributed by atoms with Crippen LogP contribution in [0.2, 0.25) is 0 Å². The predicted molar refractivity (Wildman–Crippen MR) is 96.5 cm³/mol. The van der Waals surface area contributed by atoms with Crippen LogP contribution < -0.4 is 4.74 Å². The normalized spacial score (nSPS) is 22.2. The van der Waals surface area contributed by atoms with Crippen molar-refractivity contribution < 1.29 is 22.7 Å². The molecule has 2 aliphatic heterocycles. The SMILES string of the molecule is CCOc1ccc(S(=O)(=O)N2CCC[C@@H](C(=O)N3CCOCC3)C2)cc1. The van der Waals surface area contributed by atoms with E-state index < -0.39 is 10.0 Å². The van der Waals surface area contributed by atoms with E-state index in [2.05, 4.69) is 0 Å². The molecule has 0 radical (unpaired) electrons. The number of amides is 1. The van der Waals surface area contributed by atoms with Gasteiger partial charge in [0.05, 0.1) is 30.6 Å². The first-order valence-electron chi connectivity index (χ1n) is 9.12. The number of hydrogen-bond donors (Lipinski definition) is 0. The fourth-order valence-corrected chi connectivity index (χ4v) is 4.95. The summed E-state index contributed by atoms with van der Waals surface area (Å²) in [4.78, 5) is 14.7. The Morgan fingerprint density at radius 2 is 1.88 bits per heavy atom. The number of piperidine rings is 1. The summed E-state index contributed by atoms with van der Waals surface area (Å²) in [6.07, 6.45) is 1.42. The molecule has 1 aromatic rings.